The summed E-state index contributed by atoms with van der Waals surface area (Å²) in [7, 11) is -2.01. The van der Waals surface area contributed by atoms with Gasteiger partial charge in [-0.25, -0.2) is 9.59 Å². The highest BCUT2D eigenvalue weighted by Gasteiger charge is 2.39. The highest BCUT2D eigenvalue weighted by molar-refractivity contribution is 6.74. The fourth-order valence-electron chi connectivity index (χ4n) is 2.07. The predicted molar refractivity (Wildman–Crippen MR) is 114 cm³/mol. The number of rotatable bonds is 6. The molecule has 0 saturated carbocycles. The number of carbonyl (C=O) groups is 2. The highest BCUT2D eigenvalue weighted by atomic mass is 35.5. The molecule has 0 fully saturated rings. The van der Waals surface area contributed by atoms with Crippen LogP contribution in [-0.2, 0) is 16.0 Å². The number of hydrogen-bond acceptors (Lipinski definition) is 4. The molecule has 6 nitrogen and oxygen atoms in total. The number of hydrogen-bond donors (Lipinski definition) is 2. The molecule has 0 aliphatic carbocycles. The summed E-state index contributed by atoms with van der Waals surface area (Å²) < 4.78 is 11.4. The summed E-state index contributed by atoms with van der Waals surface area (Å²) in [4.78, 5) is 23.5. The number of amides is 1. The third-order valence-corrected chi connectivity index (χ3v) is 9.33. The van der Waals surface area contributed by atoms with E-state index in [1.165, 1.54) is 0 Å². The van der Waals surface area contributed by atoms with Crippen LogP contribution in [0.4, 0.5) is 4.79 Å². The van der Waals surface area contributed by atoms with Crippen LogP contribution in [0.15, 0.2) is 18.2 Å². The quantitative estimate of drug-likeness (QED) is 0.603. The number of nitrogens with one attached hydrogen (secondary N) is 1. The number of alkyl carbamates (subject to hydrolysis) is 1. The molecule has 1 aromatic carbocycles. The van der Waals surface area contributed by atoms with Crippen LogP contribution in [0.1, 0.15) is 47.1 Å². The Labute approximate surface area is 173 Å². The second kappa shape index (κ2) is 8.74. The van der Waals surface area contributed by atoms with Gasteiger partial charge in [-0.2, -0.15) is 0 Å². The maximum atomic E-state index is 11.9. The first-order valence-corrected chi connectivity index (χ1v) is 12.5. The summed E-state index contributed by atoms with van der Waals surface area (Å²) in [6.07, 6.45) is -0.748. The maximum Gasteiger partial charge on any atom is 0.408 e. The van der Waals surface area contributed by atoms with E-state index in [0.29, 0.717) is 16.3 Å². The van der Waals surface area contributed by atoms with Crippen LogP contribution in [0.5, 0.6) is 5.75 Å². The van der Waals surface area contributed by atoms with Crippen LogP contribution in [0.2, 0.25) is 23.2 Å². The monoisotopic (exact) mass is 429 g/mol. The van der Waals surface area contributed by atoms with Gasteiger partial charge in [0.25, 0.3) is 0 Å². The van der Waals surface area contributed by atoms with Gasteiger partial charge in [-0.05, 0) is 56.6 Å². The molecule has 1 amide bonds. The van der Waals surface area contributed by atoms with Gasteiger partial charge < -0.3 is 19.6 Å². The van der Waals surface area contributed by atoms with Crippen molar-refractivity contribution in [3.8, 4) is 5.75 Å². The number of benzene rings is 1. The summed E-state index contributed by atoms with van der Waals surface area (Å²) in [6.45, 7) is 15.8. The molecule has 0 heterocycles. The molecule has 1 atom stereocenters. The third-order valence-electron chi connectivity index (χ3n) is 4.62. The van der Waals surface area contributed by atoms with E-state index in [4.69, 9.17) is 20.8 Å². The van der Waals surface area contributed by atoms with Gasteiger partial charge in [0.15, 0.2) is 0 Å². The molecule has 0 unspecified atom stereocenters. The first-order chi connectivity index (χ1) is 12.5. The summed E-state index contributed by atoms with van der Waals surface area (Å²) in [5.41, 5.74) is -0.110. The Morgan fingerprint density at radius 2 is 1.75 bits per heavy atom. The average Bonchev–Trinajstić information content (AvgIpc) is 2.45. The Kier molecular flexibility index (Phi) is 7.58. The molecule has 0 radical (unpaired) electrons. The molecular formula is C20H32ClNO5Si. The van der Waals surface area contributed by atoms with E-state index in [0.717, 1.165) is 0 Å². The second-order valence-electron chi connectivity index (χ2n) is 9.36. The van der Waals surface area contributed by atoms with Crippen molar-refractivity contribution in [3.63, 3.8) is 0 Å². The van der Waals surface area contributed by atoms with Crippen LogP contribution in [0, 0.1) is 0 Å². The fourth-order valence-corrected chi connectivity index (χ4v) is 3.34. The standard InChI is InChI=1S/C20H32ClNO5Si/c1-19(2,3)26-18(25)22-16(17(23)24)11-13-9-10-14(12-15(13)21)27-28(7,8)20(4,5)6/h9-10,12,16H,11H2,1-8H3,(H,22,25)(H,23,24)/t16-/m0/s1. The molecule has 158 valence electrons. The van der Waals surface area contributed by atoms with Gasteiger partial charge in [-0.1, -0.05) is 38.4 Å². The molecule has 0 aliphatic heterocycles. The molecule has 0 bridgehead atoms. The van der Waals surface area contributed by atoms with Crippen molar-refractivity contribution in [2.45, 2.75) is 77.7 Å². The van der Waals surface area contributed by atoms with Gasteiger partial charge in [0.1, 0.15) is 17.4 Å². The molecule has 28 heavy (non-hydrogen) atoms. The minimum Gasteiger partial charge on any atom is -0.543 e. The average molecular weight is 430 g/mol. The fraction of sp³-hybridized carbons (Fsp3) is 0.600. The Morgan fingerprint density at radius 1 is 1.18 bits per heavy atom. The largest absolute Gasteiger partial charge is 0.543 e. The summed E-state index contributed by atoms with van der Waals surface area (Å²) >= 11 is 6.36. The van der Waals surface area contributed by atoms with Crippen molar-refractivity contribution in [2.24, 2.45) is 0 Å². The van der Waals surface area contributed by atoms with Crippen molar-refractivity contribution >= 4 is 32.0 Å². The van der Waals surface area contributed by atoms with Gasteiger partial charge in [0.05, 0.1) is 0 Å². The summed E-state index contributed by atoms with van der Waals surface area (Å²) in [5, 5.41) is 12.3. The van der Waals surface area contributed by atoms with Gasteiger partial charge in [0, 0.05) is 11.4 Å². The smallest absolute Gasteiger partial charge is 0.408 e. The lowest BCUT2D eigenvalue weighted by Gasteiger charge is -2.36. The van der Waals surface area contributed by atoms with E-state index >= 15 is 0 Å². The topological polar surface area (TPSA) is 84.9 Å². The lowest BCUT2D eigenvalue weighted by atomic mass is 10.1. The van der Waals surface area contributed by atoms with Crippen LogP contribution < -0.4 is 9.74 Å². The molecule has 0 aliphatic rings. The van der Waals surface area contributed by atoms with E-state index in [9.17, 15) is 14.7 Å². The number of carbonyl (C=O) groups excluding carboxylic acids is 1. The Morgan fingerprint density at radius 3 is 2.18 bits per heavy atom. The Hall–Kier alpha value is -1.73. The van der Waals surface area contributed by atoms with Crippen molar-refractivity contribution in [1.82, 2.24) is 5.32 Å². The minimum atomic E-state index is -2.01. The normalized spacial score (nSPS) is 13.6. The van der Waals surface area contributed by atoms with Crippen molar-refractivity contribution < 1.29 is 23.9 Å². The lowest BCUT2D eigenvalue weighted by Crippen LogP contribution is -2.44. The van der Waals surface area contributed by atoms with Crippen LogP contribution >= 0.6 is 11.6 Å². The van der Waals surface area contributed by atoms with E-state index < -0.39 is 32.0 Å². The number of ether oxygens (including phenoxy) is 1. The zero-order valence-electron chi connectivity index (χ0n) is 18.0. The van der Waals surface area contributed by atoms with Crippen molar-refractivity contribution in [1.29, 1.82) is 0 Å². The maximum absolute atomic E-state index is 11.9. The number of aliphatic carboxylic acids is 1. The minimum absolute atomic E-state index is 0.0355. The highest BCUT2D eigenvalue weighted by Crippen LogP contribution is 2.38. The molecule has 0 aromatic heterocycles. The number of carboxylic acid groups (broad SMARTS) is 1. The molecular weight excluding hydrogens is 398 g/mol. The van der Waals surface area contributed by atoms with Crippen molar-refractivity contribution in [2.75, 3.05) is 0 Å². The third kappa shape index (κ3) is 7.35. The Balaban J connectivity index is 2.92. The van der Waals surface area contributed by atoms with E-state index in [1.807, 2.05) is 0 Å². The molecule has 1 aromatic rings. The van der Waals surface area contributed by atoms with E-state index in [-0.39, 0.29) is 11.5 Å². The first kappa shape index (κ1) is 24.3. The summed E-state index contributed by atoms with van der Waals surface area (Å²) in [6, 6.07) is 4.06. The zero-order valence-corrected chi connectivity index (χ0v) is 19.7. The van der Waals surface area contributed by atoms with Crippen LogP contribution in [0.3, 0.4) is 0 Å². The van der Waals surface area contributed by atoms with Gasteiger partial charge >= 0.3 is 12.1 Å². The Bertz CT molecular complexity index is 722. The number of halogens is 1. The van der Waals surface area contributed by atoms with E-state index in [1.54, 1.807) is 39.0 Å². The molecule has 1 rings (SSSR count). The molecule has 0 saturated heterocycles. The number of carboxylic acids is 1. The second-order valence-corrected chi connectivity index (χ2v) is 14.5. The van der Waals surface area contributed by atoms with Gasteiger partial charge in [0.2, 0.25) is 8.32 Å². The van der Waals surface area contributed by atoms with Gasteiger partial charge in [-0.3, -0.25) is 0 Å². The first-order valence-electron chi connectivity index (χ1n) is 9.21. The molecule has 8 heteroatoms. The molecule has 2 N–H and O–H groups in total. The van der Waals surface area contributed by atoms with E-state index in [2.05, 4.69) is 39.2 Å². The van der Waals surface area contributed by atoms with Gasteiger partial charge in [-0.15, -0.1) is 0 Å². The van der Waals surface area contributed by atoms with Crippen LogP contribution in [0.25, 0.3) is 0 Å². The van der Waals surface area contributed by atoms with Crippen molar-refractivity contribution in [3.05, 3.63) is 28.8 Å². The van der Waals surface area contributed by atoms with Crippen LogP contribution in [-0.4, -0.2) is 37.1 Å². The lowest BCUT2D eigenvalue weighted by molar-refractivity contribution is -0.139. The predicted octanol–water partition coefficient (Wildman–Crippen LogP) is 5.24. The summed E-state index contributed by atoms with van der Waals surface area (Å²) in [5.74, 6) is -0.504. The zero-order chi connectivity index (χ0) is 21.9. The SMILES string of the molecule is CC(C)(C)OC(=O)N[C@@H](Cc1ccc(O[Si](C)(C)C(C)(C)C)cc1Cl)C(=O)O. The molecule has 0 spiro atoms.